The first kappa shape index (κ1) is 16.1. The van der Waals surface area contributed by atoms with Gasteiger partial charge in [0.1, 0.15) is 16.1 Å². The molecule has 6 nitrogen and oxygen atoms in total. The maximum Gasteiger partial charge on any atom is 0.227 e. The smallest absolute Gasteiger partial charge is 0.227 e. The zero-order valence-electron chi connectivity index (χ0n) is 14.1. The number of thiazole rings is 1. The van der Waals surface area contributed by atoms with E-state index in [-0.39, 0.29) is 11.8 Å². The fourth-order valence-corrected chi connectivity index (χ4v) is 4.22. The molecule has 130 valence electrons. The predicted molar refractivity (Wildman–Crippen MR) is 97.5 cm³/mol. The van der Waals surface area contributed by atoms with Crippen LogP contribution in [0.3, 0.4) is 0 Å². The molecule has 3 aromatic heterocycles. The lowest BCUT2D eigenvalue weighted by molar-refractivity contribution is -0.135. The minimum absolute atomic E-state index is 0.00585. The van der Waals surface area contributed by atoms with Crippen LogP contribution in [0.5, 0.6) is 0 Å². The molecule has 1 fully saturated rings. The van der Waals surface area contributed by atoms with Gasteiger partial charge in [-0.1, -0.05) is 11.3 Å². The van der Waals surface area contributed by atoms with Crippen LogP contribution in [0, 0.1) is 5.92 Å². The summed E-state index contributed by atoms with van der Waals surface area (Å²) in [7, 11) is 1.84. The van der Waals surface area contributed by atoms with Gasteiger partial charge in [-0.3, -0.25) is 4.79 Å². The van der Waals surface area contributed by atoms with E-state index < -0.39 is 0 Å². The average Bonchev–Trinajstić information content (AvgIpc) is 3.30. The van der Waals surface area contributed by atoms with Crippen LogP contribution in [0.4, 0.5) is 5.13 Å². The normalized spacial score (nSPS) is 17.8. The number of pyridine rings is 1. The molecule has 0 aromatic carbocycles. The second kappa shape index (κ2) is 6.84. The van der Waals surface area contributed by atoms with Gasteiger partial charge in [-0.15, -0.1) is 0 Å². The number of carbonyl (C=O) groups excluding carboxylic acids is 1. The fraction of sp³-hybridized carbons (Fsp3) is 0.389. The number of amides is 1. The van der Waals surface area contributed by atoms with E-state index in [1.165, 1.54) is 0 Å². The Labute approximate surface area is 150 Å². The summed E-state index contributed by atoms with van der Waals surface area (Å²) in [6.45, 7) is 2.15. The summed E-state index contributed by atoms with van der Waals surface area (Å²) in [5.41, 5.74) is 0.922. The molecule has 0 spiro atoms. The van der Waals surface area contributed by atoms with Gasteiger partial charge < -0.3 is 14.2 Å². The minimum atomic E-state index is -0.00585. The van der Waals surface area contributed by atoms with E-state index in [1.54, 1.807) is 28.7 Å². The number of nitrogens with zero attached hydrogens (tertiary/aromatic N) is 4. The first-order valence-electron chi connectivity index (χ1n) is 8.44. The molecule has 0 radical (unpaired) electrons. The Kier molecular flexibility index (Phi) is 4.40. The van der Waals surface area contributed by atoms with Gasteiger partial charge in [-0.05, 0) is 37.1 Å². The van der Waals surface area contributed by atoms with Gasteiger partial charge in [0.05, 0.1) is 18.7 Å². The molecule has 0 bridgehead atoms. The Balaban J connectivity index is 1.45. The zero-order chi connectivity index (χ0) is 17.2. The lowest BCUT2D eigenvalue weighted by Gasteiger charge is -2.33. The largest absolute Gasteiger partial charge is 0.467 e. The Morgan fingerprint density at radius 1 is 1.44 bits per heavy atom. The van der Waals surface area contributed by atoms with Crippen molar-refractivity contribution in [2.24, 2.45) is 5.92 Å². The molecule has 25 heavy (non-hydrogen) atoms. The monoisotopic (exact) mass is 356 g/mol. The van der Waals surface area contributed by atoms with Crippen LogP contribution < -0.4 is 4.90 Å². The quantitative estimate of drug-likeness (QED) is 0.718. The highest BCUT2D eigenvalue weighted by atomic mass is 32.1. The predicted octanol–water partition coefficient (Wildman–Crippen LogP) is 3.16. The summed E-state index contributed by atoms with van der Waals surface area (Å²) in [4.78, 5) is 26.8. The van der Waals surface area contributed by atoms with Crippen LogP contribution in [0.2, 0.25) is 0 Å². The SMILES string of the molecule is CN(Cc1ccco1)C(=O)C1CCCN(c2nc3cccnc3s2)C1. The van der Waals surface area contributed by atoms with Crippen molar-refractivity contribution < 1.29 is 9.21 Å². The summed E-state index contributed by atoms with van der Waals surface area (Å²) in [5.74, 6) is 0.967. The second-order valence-corrected chi connectivity index (χ2v) is 7.34. The molecule has 0 saturated carbocycles. The van der Waals surface area contributed by atoms with Gasteiger partial charge in [-0.25, -0.2) is 9.97 Å². The van der Waals surface area contributed by atoms with Crippen molar-refractivity contribution in [3.8, 4) is 0 Å². The van der Waals surface area contributed by atoms with E-state index in [9.17, 15) is 4.79 Å². The van der Waals surface area contributed by atoms with Crippen LogP contribution in [-0.4, -0.2) is 40.9 Å². The van der Waals surface area contributed by atoms with Crippen molar-refractivity contribution in [2.45, 2.75) is 19.4 Å². The molecule has 0 aliphatic carbocycles. The van der Waals surface area contributed by atoms with Crippen molar-refractivity contribution >= 4 is 32.7 Å². The number of hydrogen-bond donors (Lipinski definition) is 0. The van der Waals surface area contributed by atoms with Gasteiger partial charge in [0.25, 0.3) is 0 Å². The van der Waals surface area contributed by atoms with Gasteiger partial charge in [-0.2, -0.15) is 0 Å². The highest BCUT2D eigenvalue weighted by Gasteiger charge is 2.29. The number of anilines is 1. The number of hydrogen-bond acceptors (Lipinski definition) is 6. The summed E-state index contributed by atoms with van der Waals surface area (Å²) in [6, 6.07) is 7.62. The van der Waals surface area contributed by atoms with Crippen LogP contribution in [0.1, 0.15) is 18.6 Å². The highest BCUT2D eigenvalue weighted by molar-refractivity contribution is 7.21. The maximum absolute atomic E-state index is 12.8. The van der Waals surface area contributed by atoms with E-state index in [4.69, 9.17) is 4.42 Å². The number of furan rings is 1. The van der Waals surface area contributed by atoms with Crippen LogP contribution in [0.15, 0.2) is 41.1 Å². The van der Waals surface area contributed by atoms with Crippen molar-refractivity contribution in [2.75, 3.05) is 25.0 Å². The molecule has 1 aliphatic rings. The van der Waals surface area contributed by atoms with Crippen LogP contribution >= 0.6 is 11.3 Å². The lowest BCUT2D eigenvalue weighted by atomic mass is 9.97. The Hall–Kier alpha value is -2.41. The zero-order valence-corrected chi connectivity index (χ0v) is 14.9. The summed E-state index contributed by atoms with van der Waals surface area (Å²) in [5, 5.41) is 0.958. The van der Waals surface area contributed by atoms with Crippen molar-refractivity contribution in [1.29, 1.82) is 0 Å². The van der Waals surface area contributed by atoms with E-state index in [2.05, 4.69) is 14.9 Å². The second-order valence-electron chi connectivity index (χ2n) is 6.38. The minimum Gasteiger partial charge on any atom is -0.467 e. The van der Waals surface area contributed by atoms with Crippen LogP contribution in [0.25, 0.3) is 10.3 Å². The number of aromatic nitrogens is 2. The molecular weight excluding hydrogens is 336 g/mol. The Bertz CT molecular complexity index is 828. The molecule has 1 saturated heterocycles. The van der Waals surface area contributed by atoms with Gasteiger partial charge in [0.15, 0.2) is 5.13 Å². The maximum atomic E-state index is 12.8. The number of fused-ring (bicyclic) bond motifs is 1. The molecule has 1 unspecified atom stereocenters. The number of carbonyl (C=O) groups is 1. The van der Waals surface area contributed by atoms with E-state index in [0.717, 1.165) is 40.6 Å². The molecule has 1 aliphatic heterocycles. The molecule has 4 heterocycles. The van der Waals surface area contributed by atoms with E-state index in [0.29, 0.717) is 13.1 Å². The summed E-state index contributed by atoms with van der Waals surface area (Å²) in [6.07, 6.45) is 5.34. The fourth-order valence-electron chi connectivity index (χ4n) is 3.27. The molecule has 1 atom stereocenters. The number of piperidine rings is 1. The highest BCUT2D eigenvalue weighted by Crippen LogP contribution is 2.30. The van der Waals surface area contributed by atoms with Crippen LogP contribution in [-0.2, 0) is 11.3 Å². The third kappa shape index (κ3) is 3.37. The van der Waals surface area contributed by atoms with Crippen molar-refractivity contribution in [1.82, 2.24) is 14.9 Å². The van der Waals surface area contributed by atoms with E-state index >= 15 is 0 Å². The first-order valence-corrected chi connectivity index (χ1v) is 9.26. The standard InChI is InChI=1S/C18H20N4O2S/c1-21(12-14-6-4-10-24-14)17(23)13-5-3-9-22(11-13)18-20-15-7-2-8-19-16(15)25-18/h2,4,6-8,10,13H,3,5,9,11-12H2,1H3. The first-order chi connectivity index (χ1) is 12.2. The molecular formula is C18H20N4O2S. The average molecular weight is 356 g/mol. The number of rotatable bonds is 4. The lowest BCUT2D eigenvalue weighted by Crippen LogP contribution is -2.43. The molecule has 1 amide bonds. The molecule has 4 rings (SSSR count). The van der Waals surface area contributed by atoms with Crippen molar-refractivity contribution in [3.05, 3.63) is 42.5 Å². The molecule has 3 aromatic rings. The third-order valence-electron chi connectivity index (χ3n) is 4.55. The van der Waals surface area contributed by atoms with E-state index in [1.807, 2.05) is 31.3 Å². The summed E-state index contributed by atoms with van der Waals surface area (Å²) >= 11 is 1.59. The Morgan fingerprint density at radius 2 is 2.36 bits per heavy atom. The summed E-state index contributed by atoms with van der Waals surface area (Å²) < 4.78 is 5.35. The van der Waals surface area contributed by atoms with Crippen molar-refractivity contribution in [3.63, 3.8) is 0 Å². The Morgan fingerprint density at radius 3 is 3.16 bits per heavy atom. The van der Waals surface area contributed by atoms with Gasteiger partial charge in [0.2, 0.25) is 5.91 Å². The van der Waals surface area contributed by atoms with Gasteiger partial charge in [0, 0.05) is 26.3 Å². The molecule has 0 N–H and O–H groups in total. The third-order valence-corrected chi connectivity index (χ3v) is 5.59. The molecule has 7 heteroatoms. The van der Waals surface area contributed by atoms with Gasteiger partial charge >= 0.3 is 0 Å². The topological polar surface area (TPSA) is 62.5 Å².